The number of carbonyl (C=O) groups excluding carboxylic acids is 2. The number of carbonyl (C=O) groups is 2. The standard InChI is InChI=1S/C24H29N3O6S/c1-3-20-24(29)26-19-14-18(8-9-22(19)33-20)34(30,31)27-12-10-16(11-13-27)23(28)25-15-17-6-4-5-7-21(17)32-2/h4-9,14,16,20H,3,10-13,15H2,1-2H3,(H,25,28)(H,26,29)/t20-/m1/s1. The molecule has 0 aromatic heterocycles. The Hall–Kier alpha value is -3.11. The molecule has 2 aromatic rings. The minimum atomic E-state index is -3.77. The highest BCUT2D eigenvalue weighted by Gasteiger charge is 2.33. The van der Waals surface area contributed by atoms with E-state index in [9.17, 15) is 18.0 Å². The maximum atomic E-state index is 13.2. The van der Waals surface area contributed by atoms with Crippen molar-refractivity contribution in [3.05, 3.63) is 48.0 Å². The predicted octanol–water partition coefficient (Wildman–Crippen LogP) is 2.52. The van der Waals surface area contributed by atoms with Crippen LogP contribution in [0, 0.1) is 5.92 Å². The van der Waals surface area contributed by atoms with Gasteiger partial charge < -0.3 is 20.1 Å². The zero-order valence-electron chi connectivity index (χ0n) is 19.2. The largest absolute Gasteiger partial charge is 0.496 e. The number of nitrogens with zero attached hydrogens (tertiary/aromatic N) is 1. The van der Waals surface area contributed by atoms with E-state index in [0.29, 0.717) is 43.0 Å². The van der Waals surface area contributed by atoms with Crippen molar-refractivity contribution < 1.29 is 27.5 Å². The van der Waals surface area contributed by atoms with Crippen molar-refractivity contribution in [1.82, 2.24) is 9.62 Å². The highest BCUT2D eigenvalue weighted by molar-refractivity contribution is 7.89. The van der Waals surface area contributed by atoms with Crippen molar-refractivity contribution >= 4 is 27.5 Å². The fourth-order valence-electron chi connectivity index (χ4n) is 4.24. The molecule has 4 rings (SSSR count). The van der Waals surface area contributed by atoms with Gasteiger partial charge in [-0.25, -0.2) is 8.42 Å². The van der Waals surface area contributed by atoms with Gasteiger partial charge in [0.15, 0.2) is 6.10 Å². The SMILES string of the molecule is CC[C@H]1Oc2ccc(S(=O)(=O)N3CCC(C(=O)NCc4ccccc4OC)CC3)cc2NC1=O. The van der Waals surface area contributed by atoms with E-state index >= 15 is 0 Å². The topological polar surface area (TPSA) is 114 Å². The number of benzene rings is 2. The third kappa shape index (κ3) is 4.88. The lowest BCUT2D eigenvalue weighted by Gasteiger charge is -2.31. The molecule has 1 atom stereocenters. The van der Waals surface area contributed by atoms with Gasteiger partial charge >= 0.3 is 0 Å². The Morgan fingerprint density at radius 2 is 1.94 bits per heavy atom. The van der Waals surface area contributed by atoms with Crippen LogP contribution >= 0.6 is 0 Å². The molecule has 2 N–H and O–H groups in total. The van der Waals surface area contributed by atoms with Crippen LogP contribution in [0.25, 0.3) is 0 Å². The van der Waals surface area contributed by atoms with E-state index < -0.39 is 16.1 Å². The summed E-state index contributed by atoms with van der Waals surface area (Å²) in [7, 11) is -2.18. The van der Waals surface area contributed by atoms with Gasteiger partial charge in [-0.15, -0.1) is 0 Å². The number of ether oxygens (including phenoxy) is 2. The quantitative estimate of drug-likeness (QED) is 0.620. The van der Waals surface area contributed by atoms with Crippen molar-refractivity contribution in [2.45, 2.75) is 43.7 Å². The van der Waals surface area contributed by atoms with Crippen molar-refractivity contribution in [1.29, 1.82) is 0 Å². The maximum absolute atomic E-state index is 13.2. The summed E-state index contributed by atoms with van der Waals surface area (Å²) in [6.45, 7) is 2.68. The molecular formula is C24H29N3O6S. The molecule has 0 radical (unpaired) electrons. The van der Waals surface area contributed by atoms with Crippen LogP contribution in [-0.2, 0) is 26.2 Å². The average molecular weight is 488 g/mol. The van der Waals surface area contributed by atoms with Crippen LogP contribution in [0.1, 0.15) is 31.7 Å². The van der Waals surface area contributed by atoms with Crippen LogP contribution in [0.3, 0.4) is 0 Å². The van der Waals surface area contributed by atoms with Gasteiger partial charge in [0.2, 0.25) is 15.9 Å². The summed E-state index contributed by atoms with van der Waals surface area (Å²) in [5, 5.41) is 5.66. The van der Waals surface area contributed by atoms with Gasteiger partial charge in [0.1, 0.15) is 11.5 Å². The number of fused-ring (bicyclic) bond motifs is 1. The normalized spacial score (nSPS) is 19.0. The average Bonchev–Trinajstić information content (AvgIpc) is 2.86. The van der Waals surface area contributed by atoms with Crippen LogP contribution < -0.4 is 20.1 Å². The molecule has 0 spiro atoms. The number of anilines is 1. The molecule has 9 nitrogen and oxygen atoms in total. The molecular weight excluding hydrogens is 458 g/mol. The summed E-state index contributed by atoms with van der Waals surface area (Å²) in [5.41, 5.74) is 1.23. The second-order valence-electron chi connectivity index (χ2n) is 8.37. The first kappa shape index (κ1) is 24.0. The second-order valence-corrected chi connectivity index (χ2v) is 10.3. The Balaban J connectivity index is 1.36. The monoisotopic (exact) mass is 487 g/mol. The second kappa shape index (κ2) is 10.0. The third-order valence-corrected chi connectivity index (χ3v) is 8.14. The first-order chi connectivity index (χ1) is 16.3. The van der Waals surface area contributed by atoms with E-state index in [-0.39, 0.29) is 35.7 Å². The molecule has 34 heavy (non-hydrogen) atoms. The van der Waals surface area contributed by atoms with Gasteiger partial charge in [0.05, 0.1) is 17.7 Å². The Bertz CT molecular complexity index is 1170. The number of hydrogen-bond donors (Lipinski definition) is 2. The zero-order chi connectivity index (χ0) is 24.3. The molecule has 0 saturated carbocycles. The van der Waals surface area contributed by atoms with Crippen molar-refractivity contribution in [2.24, 2.45) is 5.92 Å². The fraction of sp³-hybridized carbons (Fsp3) is 0.417. The molecule has 1 fully saturated rings. The van der Waals surface area contributed by atoms with Gasteiger partial charge in [0.25, 0.3) is 5.91 Å². The van der Waals surface area contributed by atoms with E-state index in [0.717, 1.165) is 5.56 Å². The number of piperidine rings is 1. The smallest absolute Gasteiger partial charge is 0.265 e. The molecule has 10 heteroatoms. The van der Waals surface area contributed by atoms with Gasteiger partial charge in [0, 0.05) is 31.1 Å². The van der Waals surface area contributed by atoms with Crippen molar-refractivity contribution in [2.75, 3.05) is 25.5 Å². The van der Waals surface area contributed by atoms with Crippen LogP contribution in [0.5, 0.6) is 11.5 Å². The lowest BCUT2D eigenvalue weighted by atomic mass is 9.97. The lowest BCUT2D eigenvalue weighted by Crippen LogP contribution is -2.43. The number of sulfonamides is 1. The van der Waals surface area contributed by atoms with E-state index in [1.807, 2.05) is 31.2 Å². The number of amides is 2. The first-order valence-electron chi connectivity index (χ1n) is 11.3. The van der Waals surface area contributed by atoms with Crippen LogP contribution in [0.2, 0.25) is 0 Å². The van der Waals surface area contributed by atoms with Gasteiger partial charge in [-0.2, -0.15) is 4.31 Å². The predicted molar refractivity (Wildman–Crippen MR) is 126 cm³/mol. The van der Waals surface area contributed by atoms with Crippen molar-refractivity contribution in [3.8, 4) is 11.5 Å². The molecule has 0 aliphatic carbocycles. The summed E-state index contributed by atoms with van der Waals surface area (Å²) in [4.78, 5) is 24.8. The minimum Gasteiger partial charge on any atom is -0.496 e. The van der Waals surface area contributed by atoms with Crippen molar-refractivity contribution in [3.63, 3.8) is 0 Å². The van der Waals surface area contributed by atoms with E-state index in [1.165, 1.54) is 16.4 Å². The number of methoxy groups -OCH3 is 1. The summed E-state index contributed by atoms with van der Waals surface area (Å²) < 4.78 is 38.7. The lowest BCUT2D eigenvalue weighted by molar-refractivity contribution is -0.126. The highest BCUT2D eigenvalue weighted by Crippen LogP contribution is 2.34. The first-order valence-corrected chi connectivity index (χ1v) is 12.8. The molecule has 0 bridgehead atoms. The number of nitrogens with one attached hydrogen (secondary N) is 2. The number of para-hydroxylation sites is 1. The molecule has 2 aliphatic rings. The van der Waals surface area contributed by atoms with Gasteiger partial charge in [-0.1, -0.05) is 25.1 Å². The molecule has 0 unspecified atom stereocenters. The zero-order valence-corrected chi connectivity index (χ0v) is 20.1. The number of rotatable bonds is 7. The molecule has 2 aromatic carbocycles. The minimum absolute atomic E-state index is 0.0872. The summed E-state index contributed by atoms with van der Waals surface area (Å²) >= 11 is 0. The van der Waals surface area contributed by atoms with Crippen LogP contribution in [0.15, 0.2) is 47.4 Å². The van der Waals surface area contributed by atoms with Gasteiger partial charge in [-0.05, 0) is 43.5 Å². The Morgan fingerprint density at radius 1 is 1.21 bits per heavy atom. The fourth-order valence-corrected chi connectivity index (χ4v) is 5.74. The molecule has 2 aliphatic heterocycles. The Kier molecular flexibility index (Phi) is 7.08. The summed E-state index contributed by atoms with van der Waals surface area (Å²) in [6, 6.07) is 12.0. The maximum Gasteiger partial charge on any atom is 0.265 e. The van der Waals surface area contributed by atoms with Gasteiger partial charge in [-0.3, -0.25) is 9.59 Å². The summed E-state index contributed by atoms with van der Waals surface area (Å²) in [6.07, 6.45) is 0.801. The van der Waals surface area contributed by atoms with Crippen LogP contribution in [-0.4, -0.2) is 50.8 Å². The molecule has 182 valence electrons. The third-order valence-electron chi connectivity index (χ3n) is 6.25. The van der Waals surface area contributed by atoms with E-state index in [4.69, 9.17) is 9.47 Å². The molecule has 1 saturated heterocycles. The molecule has 2 heterocycles. The summed E-state index contributed by atoms with van der Waals surface area (Å²) in [5.74, 6) is 0.520. The molecule has 2 amide bonds. The number of hydrogen-bond acceptors (Lipinski definition) is 6. The Labute approximate surface area is 199 Å². The highest BCUT2D eigenvalue weighted by atomic mass is 32.2. The Morgan fingerprint density at radius 3 is 2.65 bits per heavy atom. The van der Waals surface area contributed by atoms with E-state index in [2.05, 4.69) is 10.6 Å². The van der Waals surface area contributed by atoms with Crippen LogP contribution in [0.4, 0.5) is 5.69 Å². The van der Waals surface area contributed by atoms with E-state index in [1.54, 1.807) is 13.2 Å².